The fourth-order valence-corrected chi connectivity index (χ4v) is 3.44. The zero-order valence-corrected chi connectivity index (χ0v) is 17.1. The Kier molecular flexibility index (Phi) is 6.26. The zero-order valence-electron chi connectivity index (χ0n) is 14.8. The molecule has 0 fully saturated rings. The number of carbonyl (C=O) groups is 1. The molecule has 0 bridgehead atoms. The highest BCUT2D eigenvalue weighted by Gasteiger charge is 2.27. The quantitative estimate of drug-likeness (QED) is 0.449. The molecule has 3 rings (SSSR count). The van der Waals surface area contributed by atoms with Crippen LogP contribution in [0.15, 0.2) is 30.5 Å². The second-order valence-electron chi connectivity index (χ2n) is 5.84. The van der Waals surface area contributed by atoms with Crippen LogP contribution in [0.1, 0.15) is 18.1 Å². The standard InChI is InChI=1S/C18H19ClN4O2.BrH/c1-4-25-15(24)10-22-14-6-5-7-21-17(14)23(18(22)20)16-12(3)8-11(2)9-13(16)19;/h5-9,20H,4,10H2,1-3H3;1H. The third-order valence-corrected chi connectivity index (χ3v) is 4.28. The molecule has 2 heterocycles. The molecule has 3 aromatic rings. The van der Waals surface area contributed by atoms with Crippen molar-refractivity contribution in [2.24, 2.45) is 0 Å². The molecule has 0 aliphatic rings. The number of carbonyl (C=O) groups excluding carboxylic acids is 1. The number of ether oxygens (including phenoxy) is 1. The SMILES string of the molecule is CCOC(=O)Cn1c(N)[n+](-c2c(C)cc(C)cc2Cl)c2ncccc21.[Br-]. The number of hydrogen-bond acceptors (Lipinski definition) is 4. The van der Waals surface area contributed by atoms with Crippen molar-refractivity contribution < 1.29 is 31.1 Å². The minimum Gasteiger partial charge on any atom is -1.00 e. The van der Waals surface area contributed by atoms with Gasteiger partial charge in [0.1, 0.15) is 5.69 Å². The Balaban J connectivity index is 0.00000243. The van der Waals surface area contributed by atoms with Crippen molar-refractivity contribution in [1.29, 1.82) is 0 Å². The number of esters is 1. The van der Waals surface area contributed by atoms with Crippen LogP contribution in [0.3, 0.4) is 0 Å². The third-order valence-electron chi connectivity index (χ3n) is 3.99. The molecular formula is C18H20BrClN4O2. The molecule has 8 heteroatoms. The number of nitrogens with two attached hydrogens (primary N) is 1. The Morgan fingerprint density at radius 3 is 2.77 bits per heavy atom. The van der Waals surface area contributed by atoms with Gasteiger partial charge < -0.3 is 27.5 Å². The highest BCUT2D eigenvalue weighted by molar-refractivity contribution is 6.32. The molecule has 0 aliphatic heterocycles. The molecule has 2 N–H and O–H groups in total. The first-order valence-corrected chi connectivity index (χ1v) is 8.39. The molecule has 0 saturated heterocycles. The zero-order chi connectivity index (χ0) is 18.1. The van der Waals surface area contributed by atoms with Gasteiger partial charge in [-0.3, -0.25) is 0 Å². The van der Waals surface area contributed by atoms with Crippen molar-refractivity contribution in [2.75, 3.05) is 12.3 Å². The van der Waals surface area contributed by atoms with E-state index in [4.69, 9.17) is 22.1 Å². The first kappa shape index (κ1) is 20.2. The second-order valence-corrected chi connectivity index (χ2v) is 6.25. The van der Waals surface area contributed by atoms with E-state index in [2.05, 4.69) is 4.98 Å². The summed E-state index contributed by atoms with van der Waals surface area (Å²) in [6.45, 7) is 6.06. The van der Waals surface area contributed by atoms with Crippen LogP contribution < -0.4 is 27.3 Å². The van der Waals surface area contributed by atoms with Crippen molar-refractivity contribution in [3.63, 3.8) is 0 Å². The normalized spacial score (nSPS) is 10.6. The van der Waals surface area contributed by atoms with Crippen LogP contribution in [-0.4, -0.2) is 22.1 Å². The van der Waals surface area contributed by atoms with Crippen LogP contribution in [0, 0.1) is 13.8 Å². The maximum absolute atomic E-state index is 12.0. The van der Waals surface area contributed by atoms with E-state index in [0.717, 1.165) is 22.3 Å². The maximum atomic E-state index is 12.0. The Bertz CT molecular complexity index is 948. The van der Waals surface area contributed by atoms with Gasteiger partial charge in [-0.05, 0) is 50.1 Å². The van der Waals surface area contributed by atoms with E-state index in [-0.39, 0.29) is 29.5 Å². The Labute approximate surface area is 167 Å². The van der Waals surface area contributed by atoms with Crippen LogP contribution in [0.2, 0.25) is 5.02 Å². The van der Waals surface area contributed by atoms with Gasteiger partial charge in [-0.15, -0.1) is 4.98 Å². The lowest BCUT2D eigenvalue weighted by Crippen LogP contribution is -3.00. The van der Waals surface area contributed by atoms with Gasteiger partial charge in [-0.2, -0.15) is 4.57 Å². The number of rotatable bonds is 4. The molecule has 1 aromatic carbocycles. The number of hydrogen-bond donors (Lipinski definition) is 1. The monoisotopic (exact) mass is 438 g/mol. The number of anilines is 1. The predicted octanol–water partition coefficient (Wildman–Crippen LogP) is -0.267. The van der Waals surface area contributed by atoms with Crippen LogP contribution >= 0.6 is 11.6 Å². The first-order chi connectivity index (χ1) is 11.9. The summed E-state index contributed by atoms with van der Waals surface area (Å²) in [7, 11) is 0. The molecule has 0 saturated carbocycles. The van der Waals surface area contributed by atoms with Crippen LogP contribution in [0.4, 0.5) is 5.95 Å². The lowest BCUT2D eigenvalue weighted by atomic mass is 10.1. The average molecular weight is 440 g/mol. The summed E-state index contributed by atoms with van der Waals surface area (Å²) >= 11 is 6.50. The van der Waals surface area contributed by atoms with Gasteiger partial charge in [0.25, 0.3) is 5.65 Å². The van der Waals surface area contributed by atoms with E-state index < -0.39 is 0 Å². The molecule has 138 valence electrons. The Morgan fingerprint density at radius 2 is 2.12 bits per heavy atom. The largest absolute Gasteiger partial charge is 1.00 e. The van der Waals surface area contributed by atoms with E-state index in [9.17, 15) is 4.79 Å². The number of pyridine rings is 1. The van der Waals surface area contributed by atoms with Crippen molar-refractivity contribution in [1.82, 2.24) is 9.55 Å². The van der Waals surface area contributed by atoms with Crippen molar-refractivity contribution >= 4 is 34.7 Å². The summed E-state index contributed by atoms with van der Waals surface area (Å²) in [6.07, 6.45) is 1.68. The van der Waals surface area contributed by atoms with E-state index >= 15 is 0 Å². The number of aryl methyl sites for hydroxylation is 2. The Morgan fingerprint density at radius 1 is 1.38 bits per heavy atom. The average Bonchev–Trinajstić information content (AvgIpc) is 2.80. The molecule has 2 aromatic heterocycles. The van der Waals surface area contributed by atoms with E-state index in [1.165, 1.54) is 0 Å². The number of halogens is 2. The lowest BCUT2D eigenvalue weighted by Gasteiger charge is -2.09. The predicted molar refractivity (Wildman–Crippen MR) is 96.8 cm³/mol. The minimum absolute atomic E-state index is 0. The van der Waals surface area contributed by atoms with Crippen LogP contribution in [-0.2, 0) is 16.1 Å². The summed E-state index contributed by atoms with van der Waals surface area (Å²) in [5, 5.41) is 0.579. The number of benzene rings is 1. The van der Waals surface area contributed by atoms with E-state index in [1.807, 2.05) is 32.0 Å². The fraction of sp³-hybridized carbons (Fsp3) is 0.278. The summed E-state index contributed by atoms with van der Waals surface area (Å²) in [6, 6.07) is 7.59. The molecular weight excluding hydrogens is 420 g/mol. The van der Waals surface area contributed by atoms with Crippen molar-refractivity contribution in [3.8, 4) is 5.69 Å². The lowest BCUT2D eigenvalue weighted by molar-refractivity contribution is -0.554. The Hall–Kier alpha value is -2.12. The van der Waals surface area contributed by atoms with Gasteiger partial charge >= 0.3 is 11.9 Å². The van der Waals surface area contributed by atoms with Crippen molar-refractivity contribution in [2.45, 2.75) is 27.3 Å². The third kappa shape index (κ3) is 3.54. The molecule has 0 spiro atoms. The highest BCUT2D eigenvalue weighted by Crippen LogP contribution is 2.26. The van der Waals surface area contributed by atoms with Gasteiger partial charge in [0.2, 0.25) is 0 Å². The molecule has 6 nitrogen and oxygen atoms in total. The van der Waals surface area contributed by atoms with Crippen LogP contribution in [0.25, 0.3) is 16.9 Å². The van der Waals surface area contributed by atoms with Gasteiger partial charge in [0, 0.05) is 0 Å². The van der Waals surface area contributed by atoms with E-state index in [0.29, 0.717) is 23.2 Å². The van der Waals surface area contributed by atoms with Gasteiger partial charge in [0.15, 0.2) is 12.1 Å². The number of nitrogens with zero attached hydrogens (tertiary/aromatic N) is 3. The van der Waals surface area contributed by atoms with Gasteiger partial charge in [-0.1, -0.05) is 17.7 Å². The summed E-state index contributed by atoms with van der Waals surface area (Å²) in [4.78, 5) is 16.4. The first-order valence-electron chi connectivity index (χ1n) is 8.01. The van der Waals surface area contributed by atoms with Crippen molar-refractivity contribution in [3.05, 3.63) is 46.6 Å². The minimum atomic E-state index is -0.353. The molecule has 0 unspecified atom stereocenters. The molecule has 0 aliphatic carbocycles. The second kappa shape index (κ2) is 8.05. The molecule has 0 amide bonds. The number of nitrogen functional groups attached to an aromatic ring is 1. The smallest absolute Gasteiger partial charge is 0.337 e. The number of fused-ring (bicyclic) bond motifs is 1. The van der Waals surface area contributed by atoms with Gasteiger partial charge in [-0.25, -0.2) is 9.36 Å². The highest BCUT2D eigenvalue weighted by atomic mass is 79.9. The molecule has 26 heavy (non-hydrogen) atoms. The maximum Gasteiger partial charge on any atom is 0.337 e. The fourth-order valence-electron chi connectivity index (χ4n) is 3.04. The van der Waals surface area contributed by atoms with Gasteiger partial charge in [0.05, 0.1) is 17.8 Å². The summed E-state index contributed by atoms with van der Waals surface area (Å²) < 4.78 is 8.53. The summed E-state index contributed by atoms with van der Waals surface area (Å²) in [5.74, 6) is 0.0180. The topological polar surface area (TPSA) is 74.0 Å². The molecule has 0 radical (unpaired) electrons. The number of imidazole rings is 1. The van der Waals surface area contributed by atoms with E-state index in [1.54, 1.807) is 28.3 Å². The molecule has 0 atom stereocenters. The number of aromatic nitrogens is 3. The van der Waals surface area contributed by atoms with Crippen LogP contribution in [0.5, 0.6) is 0 Å². The summed E-state index contributed by atoms with van der Waals surface area (Å²) in [5.41, 5.74) is 10.6.